The Hall–Kier alpha value is -0.290. The van der Waals surface area contributed by atoms with Gasteiger partial charge in [-0.25, -0.2) is 0 Å². The molecule has 1 saturated carbocycles. The molecule has 0 heterocycles. The molecule has 0 bridgehead atoms. The molecule has 1 atom stereocenters. The van der Waals surface area contributed by atoms with Crippen LogP contribution in [-0.4, -0.2) is 43.3 Å². The summed E-state index contributed by atoms with van der Waals surface area (Å²) in [5.41, 5.74) is 0. The van der Waals surface area contributed by atoms with Crippen LogP contribution in [0.1, 0.15) is 33.1 Å². The van der Waals surface area contributed by atoms with E-state index in [0.29, 0.717) is 6.54 Å². The molecule has 1 rings (SSSR count). The lowest BCUT2D eigenvalue weighted by Gasteiger charge is -2.29. The molecular formula is C12H23F3N2. The zero-order chi connectivity index (χ0) is 12.9. The van der Waals surface area contributed by atoms with Crippen LogP contribution in [-0.2, 0) is 0 Å². The summed E-state index contributed by atoms with van der Waals surface area (Å²) in [7, 11) is 0. The number of alkyl halides is 3. The van der Waals surface area contributed by atoms with Crippen LogP contribution in [0.5, 0.6) is 0 Å². The van der Waals surface area contributed by atoms with Crippen LogP contribution in [0.2, 0.25) is 0 Å². The van der Waals surface area contributed by atoms with Gasteiger partial charge in [-0.05, 0) is 38.6 Å². The summed E-state index contributed by atoms with van der Waals surface area (Å²) in [6.07, 6.45) is -0.492. The summed E-state index contributed by atoms with van der Waals surface area (Å²) < 4.78 is 36.0. The van der Waals surface area contributed by atoms with Crippen LogP contribution in [0.3, 0.4) is 0 Å². The molecule has 0 aromatic carbocycles. The molecule has 5 heteroatoms. The Morgan fingerprint density at radius 1 is 1.35 bits per heavy atom. The summed E-state index contributed by atoms with van der Waals surface area (Å²) in [6.45, 7) is 5.65. The van der Waals surface area contributed by atoms with Crippen LogP contribution in [0.15, 0.2) is 0 Å². The van der Waals surface area contributed by atoms with Crippen molar-refractivity contribution in [3.8, 4) is 0 Å². The van der Waals surface area contributed by atoms with E-state index in [4.69, 9.17) is 0 Å². The molecule has 1 N–H and O–H groups in total. The van der Waals surface area contributed by atoms with Crippen molar-refractivity contribution in [2.45, 2.75) is 45.3 Å². The first-order valence-corrected chi connectivity index (χ1v) is 6.44. The highest BCUT2D eigenvalue weighted by atomic mass is 19.4. The molecule has 102 valence electrons. The van der Waals surface area contributed by atoms with Crippen molar-refractivity contribution < 1.29 is 13.2 Å². The van der Waals surface area contributed by atoms with Gasteiger partial charge >= 0.3 is 6.18 Å². The predicted molar refractivity (Wildman–Crippen MR) is 63.0 cm³/mol. The zero-order valence-electron chi connectivity index (χ0n) is 10.7. The van der Waals surface area contributed by atoms with E-state index in [9.17, 15) is 13.2 Å². The van der Waals surface area contributed by atoms with Crippen molar-refractivity contribution in [1.29, 1.82) is 0 Å². The Balaban J connectivity index is 2.23. The molecule has 0 aromatic heterocycles. The molecule has 0 aliphatic heterocycles. The van der Waals surface area contributed by atoms with Crippen molar-refractivity contribution in [1.82, 2.24) is 10.2 Å². The molecule has 0 aromatic rings. The molecule has 1 aliphatic carbocycles. The number of hydrogen-bond acceptors (Lipinski definition) is 2. The normalized spacial score (nSPS) is 18.7. The first-order valence-electron chi connectivity index (χ1n) is 6.44. The van der Waals surface area contributed by atoms with E-state index in [1.54, 1.807) is 0 Å². The first-order chi connectivity index (χ1) is 7.92. The van der Waals surface area contributed by atoms with Gasteiger partial charge in [-0.3, -0.25) is 4.90 Å². The summed E-state index contributed by atoms with van der Waals surface area (Å²) in [5, 5.41) is 2.49. The third-order valence-electron chi connectivity index (χ3n) is 3.09. The minimum Gasteiger partial charge on any atom is -0.307 e. The average molecular weight is 252 g/mol. The standard InChI is InChI=1S/C12H23F3N2/c1-3-6-17(8-11-4-5-11)10(2)7-16-9-12(13,14)15/h10-11,16H,3-9H2,1-2H3. The Bertz CT molecular complexity index is 214. The van der Waals surface area contributed by atoms with Crippen LogP contribution in [0.25, 0.3) is 0 Å². The summed E-state index contributed by atoms with van der Waals surface area (Å²) >= 11 is 0. The maximum atomic E-state index is 12.0. The van der Waals surface area contributed by atoms with E-state index in [1.165, 1.54) is 12.8 Å². The third kappa shape index (κ3) is 6.88. The van der Waals surface area contributed by atoms with E-state index >= 15 is 0 Å². The molecule has 0 amide bonds. The van der Waals surface area contributed by atoms with E-state index in [1.807, 2.05) is 6.92 Å². The fourth-order valence-corrected chi connectivity index (χ4v) is 1.96. The smallest absolute Gasteiger partial charge is 0.307 e. The van der Waals surface area contributed by atoms with Gasteiger partial charge in [0.25, 0.3) is 0 Å². The molecule has 0 radical (unpaired) electrons. The SMILES string of the molecule is CCCN(CC1CC1)C(C)CNCC(F)(F)F. The summed E-state index contributed by atoms with van der Waals surface area (Å²) in [4.78, 5) is 2.31. The maximum Gasteiger partial charge on any atom is 0.401 e. The quantitative estimate of drug-likeness (QED) is 0.714. The fourth-order valence-electron chi connectivity index (χ4n) is 1.96. The van der Waals surface area contributed by atoms with Gasteiger partial charge in [0.15, 0.2) is 0 Å². The monoisotopic (exact) mass is 252 g/mol. The highest BCUT2D eigenvalue weighted by molar-refractivity contribution is 4.80. The number of nitrogens with zero attached hydrogens (tertiary/aromatic N) is 1. The Labute approximate surface area is 102 Å². The second-order valence-corrected chi connectivity index (χ2v) is 5.03. The molecule has 1 fully saturated rings. The Kier molecular flexibility index (Phi) is 5.73. The fraction of sp³-hybridized carbons (Fsp3) is 1.00. The lowest BCUT2D eigenvalue weighted by Crippen LogP contribution is -2.43. The minimum atomic E-state index is -4.11. The van der Waals surface area contributed by atoms with E-state index in [2.05, 4.69) is 17.1 Å². The van der Waals surface area contributed by atoms with E-state index in [0.717, 1.165) is 25.4 Å². The van der Waals surface area contributed by atoms with Crippen LogP contribution in [0.4, 0.5) is 13.2 Å². The second-order valence-electron chi connectivity index (χ2n) is 5.03. The number of halogens is 3. The first kappa shape index (κ1) is 14.8. The van der Waals surface area contributed by atoms with E-state index < -0.39 is 12.7 Å². The lowest BCUT2D eigenvalue weighted by molar-refractivity contribution is -0.125. The van der Waals surface area contributed by atoms with Gasteiger partial charge in [-0.15, -0.1) is 0 Å². The maximum absolute atomic E-state index is 12.0. The van der Waals surface area contributed by atoms with Gasteiger partial charge in [0, 0.05) is 19.1 Å². The molecule has 0 saturated heterocycles. The van der Waals surface area contributed by atoms with Crippen molar-refractivity contribution in [2.24, 2.45) is 5.92 Å². The van der Waals surface area contributed by atoms with Crippen molar-refractivity contribution in [3.05, 3.63) is 0 Å². The third-order valence-corrected chi connectivity index (χ3v) is 3.09. The van der Waals surface area contributed by atoms with Gasteiger partial charge < -0.3 is 5.32 Å². The largest absolute Gasteiger partial charge is 0.401 e. The van der Waals surface area contributed by atoms with E-state index in [-0.39, 0.29) is 6.04 Å². The molecular weight excluding hydrogens is 229 g/mol. The van der Waals surface area contributed by atoms with Crippen molar-refractivity contribution >= 4 is 0 Å². The Morgan fingerprint density at radius 3 is 2.47 bits per heavy atom. The number of rotatable bonds is 8. The van der Waals surface area contributed by atoms with Gasteiger partial charge in [-0.2, -0.15) is 13.2 Å². The zero-order valence-corrected chi connectivity index (χ0v) is 10.7. The Morgan fingerprint density at radius 2 is 2.00 bits per heavy atom. The molecule has 0 spiro atoms. The van der Waals surface area contributed by atoms with Gasteiger partial charge in [0.2, 0.25) is 0 Å². The molecule has 1 unspecified atom stereocenters. The van der Waals surface area contributed by atoms with Crippen molar-refractivity contribution in [3.63, 3.8) is 0 Å². The van der Waals surface area contributed by atoms with Crippen molar-refractivity contribution in [2.75, 3.05) is 26.2 Å². The lowest BCUT2D eigenvalue weighted by atomic mass is 10.2. The minimum absolute atomic E-state index is 0.179. The topological polar surface area (TPSA) is 15.3 Å². The predicted octanol–water partition coefficient (Wildman–Crippen LogP) is 2.65. The van der Waals surface area contributed by atoms with Crippen LogP contribution < -0.4 is 5.32 Å². The average Bonchev–Trinajstić information content (AvgIpc) is 2.99. The molecule has 17 heavy (non-hydrogen) atoms. The summed E-state index contributed by atoms with van der Waals surface area (Å²) in [6, 6.07) is 0.179. The molecule has 1 aliphatic rings. The summed E-state index contributed by atoms with van der Waals surface area (Å²) in [5.74, 6) is 0.784. The molecule has 2 nitrogen and oxygen atoms in total. The van der Waals surface area contributed by atoms with Crippen LogP contribution in [0, 0.1) is 5.92 Å². The number of nitrogens with one attached hydrogen (secondary N) is 1. The second kappa shape index (κ2) is 6.59. The van der Waals surface area contributed by atoms with Gasteiger partial charge in [-0.1, -0.05) is 6.92 Å². The highest BCUT2D eigenvalue weighted by Crippen LogP contribution is 2.30. The number of hydrogen-bond donors (Lipinski definition) is 1. The van der Waals surface area contributed by atoms with Gasteiger partial charge in [0.05, 0.1) is 6.54 Å². The van der Waals surface area contributed by atoms with Crippen LogP contribution >= 0.6 is 0 Å². The highest BCUT2D eigenvalue weighted by Gasteiger charge is 2.28. The van der Waals surface area contributed by atoms with Gasteiger partial charge in [0.1, 0.15) is 0 Å².